The minimum atomic E-state index is -3.87. The molecule has 0 amide bonds. The number of aryl methyl sites for hydroxylation is 1. The number of aromatic nitrogens is 1. The SMILES string of the molecule is CCCn1cc(S(=O)(=O)Cl)cc1C(=O)OC1CCOCC1. The van der Waals surface area contributed by atoms with Crippen LogP contribution in [0.4, 0.5) is 0 Å². The van der Waals surface area contributed by atoms with E-state index in [1.54, 1.807) is 4.57 Å². The number of carbonyl (C=O) groups excluding carboxylic acids is 1. The lowest BCUT2D eigenvalue weighted by Gasteiger charge is -2.22. The lowest BCUT2D eigenvalue weighted by atomic mass is 10.1. The molecule has 1 aromatic rings. The first-order valence-corrected chi connectivity index (χ1v) is 9.16. The van der Waals surface area contributed by atoms with Gasteiger partial charge in [0, 0.05) is 36.3 Å². The Hall–Kier alpha value is -1.05. The molecule has 0 radical (unpaired) electrons. The van der Waals surface area contributed by atoms with Crippen molar-refractivity contribution in [2.45, 2.75) is 43.7 Å². The van der Waals surface area contributed by atoms with Crippen molar-refractivity contribution in [2.75, 3.05) is 13.2 Å². The molecule has 118 valence electrons. The first kappa shape index (κ1) is 16.3. The van der Waals surface area contributed by atoms with E-state index in [1.165, 1.54) is 12.3 Å². The zero-order valence-electron chi connectivity index (χ0n) is 11.7. The molecule has 0 bridgehead atoms. The van der Waals surface area contributed by atoms with E-state index in [0.29, 0.717) is 32.6 Å². The van der Waals surface area contributed by atoms with Gasteiger partial charge in [0.2, 0.25) is 0 Å². The monoisotopic (exact) mass is 335 g/mol. The van der Waals surface area contributed by atoms with Crippen molar-refractivity contribution in [2.24, 2.45) is 0 Å². The summed E-state index contributed by atoms with van der Waals surface area (Å²) >= 11 is 0. The maximum atomic E-state index is 12.2. The van der Waals surface area contributed by atoms with Gasteiger partial charge in [-0.2, -0.15) is 0 Å². The van der Waals surface area contributed by atoms with Crippen LogP contribution in [0.25, 0.3) is 0 Å². The number of nitrogens with zero attached hydrogens (tertiary/aromatic N) is 1. The maximum Gasteiger partial charge on any atom is 0.355 e. The fourth-order valence-corrected chi connectivity index (χ4v) is 2.98. The summed E-state index contributed by atoms with van der Waals surface area (Å²) in [5, 5.41) is 0. The summed E-state index contributed by atoms with van der Waals surface area (Å²) < 4.78 is 35.0. The van der Waals surface area contributed by atoms with E-state index in [1.807, 2.05) is 6.92 Å². The van der Waals surface area contributed by atoms with Gasteiger partial charge in [-0.25, -0.2) is 13.2 Å². The number of carbonyl (C=O) groups is 1. The van der Waals surface area contributed by atoms with E-state index in [2.05, 4.69) is 0 Å². The molecule has 21 heavy (non-hydrogen) atoms. The van der Waals surface area contributed by atoms with E-state index in [9.17, 15) is 13.2 Å². The molecule has 0 spiro atoms. The highest BCUT2D eigenvalue weighted by atomic mass is 35.7. The van der Waals surface area contributed by atoms with Crippen LogP contribution in [0.15, 0.2) is 17.2 Å². The van der Waals surface area contributed by atoms with E-state index < -0.39 is 15.0 Å². The van der Waals surface area contributed by atoms with Crippen molar-refractivity contribution in [3.63, 3.8) is 0 Å². The van der Waals surface area contributed by atoms with Gasteiger partial charge >= 0.3 is 5.97 Å². The Kier molecular flexibility index (Phi) is 5.29. The molecule has 8 heteroatoms. The maximum absolute atomic E-state index is 12.2. The third-order valence-corrected chi connectivity index (χ3v) is 4.59. The largest absolute Gasteiger partial charge is 0.458 e. The Labute approximate surface area is 128 Å². The summed E-state index contributed by atoms with van der Waals surface area (Å²) in [4.78, 5) is 12.1. The molecule has 0 unspecified atom stereocenters. The number of hydrogen-bond donors (Lipinski definition) is 0. The van der Waals surface area contributed by atoms with Crippen molar-refractivity contribution in [3.05, 3.63) is 18.0 Å². The molecule has 1 aliphatic heterocycles. The summed E-state index contributed by atoms with van der Waals surface area (Å²) in [5.74, 6) is -0.526. The van der Waals surface area contributed by atoms with Gasteiger partial charge in [0.05, 0.1) is 13.2 Å². The fraction of sp³-hybridized carbons (Fsp3) is 0.615. The van der Waals surface area contributed by atoms with Crippen molar-refractivity contribution in [3.8, 4) is 0 Å². The zero-order valence-corrected chi connectivity index (χ0v) is 13.3. The van der Waals surface area contributed by atoms with Crippen LogP contribution in [0.2, 0.25) is 0 Å². The highest BCUT2D eigenvalue weighted by Gasteiger charge is 2.24. The molecule has 1 saturated heterocycles. The second kappa shape index (κ2) is 6.81. The van der Waals surface area contributed by atoms with Crippen molar-refractivity contribution >= 4 is 25.7 Å². The molecule has 0 atom stereocenters. The molecule has 0 saturated carbocycles. The first-order chi connectivity index (χ1) is 9.91. The summed E-state index contributed by atoms with van der Waals surface area (Å²) in [6, 6.07) is 1.26. The normalized spacial score (nSPS) is 16.9. The van der Waals surface area contributed by atoms with E-state index in [0.717, 1.165) is 6.42 Å². The summed E-state index contributed by atoms with van der Waals surface area (Å²) in [6.07, 6.45) is 3.25. The van der Waals surface area contributed by atoms with Crippen LogP contribution in [-0.4, -0.2) is 38.3 Å². The van der Waals surface area contributed by atoms with Crippen LogP contribution in [-0.2, 0) is 25.1 Å². The summed E-state index contributed by atoms with van der Waals surface area (Å²) in [5.41, 5.74) is 0.211. The molecule has 2 heterocycles. The van der Waals surface area contributed by atoms with Gasteiger partial charge in [-0.1, -0.05) is 6.92 Å². The summed E-state index contributed by atoms with van der Waals surface area (Å²) in [6.45, 7) is 3.58. The van der Waals surface area contributed by atoms with E-state index in [4.69, 9.17) is 20.2 Å². The quantitative estimate of drug-likeness (QED) is 0.609. The minimum absolute atomic E-state index is 0.0865. The van der Waals surface area contributed by atoms with Gasteiger partial charge in [-0.05, 0) is 12.5 Å². The molecular formula is C13H18ClNO5S. The Balaban J connectivity index is 2.20. The topological polar surface area (TPSA) is 74.6 Å². The van der Waals surface area contributed by atoms with Crippen molar-refractivity contribution < 1.29 is 22.7 Å². The van der Waals surface area contributed by atoms with Crippen molar-refractivity contribution in [1.82, 2.24) is 4.57 Å². The van der Waals surface area contributed by atoms with Gasteiger partial charge in [0.1, 0.15) is 16.7 Å². The average molecular weight is 336 g/mol. The molecule has 0 N–H and O–H groups in total. The summed E-state index contributed by atoms with van der Waals surface area (Å²) in [7, 11) is 1.47. The van der Waals surface area contributed by atoms with Gasteiger partial charge < -0.3 is 14.0 Å². The van der Waals surface area contributed by atoms with Crippen molar-refractivity contribution in [1.29, 1.82) is 0 Å². The van der Waals surface area contributed by atoms with Crippen LogP contribution in [0.5, 0.6) is 0 Å². The molecule has 0 aliphatic carbocycles. The van der Waals surface area contributed by atoms with E-state index >= 15 is 0 Å². The molecule has 1 aliphatic rings. The number of esters is 1. The number of halogens is 1. The third kappa shape index (κ3) is 4.21. The first-order valence-electron chi connectivity index (χ1n) is 6.85. The van der Waals surface area contributed by atoms with Gasteiger partial charge in [-0.15, -0.1) is 0 Å². The van der Waals surface area contributed by atoms with Crippen LogP contribution in [0.1, 0.15) is 36.7 Å². The molecule has 1 fully saturated rings. The average Bonchev–Trinajstić information content (AvgIpc) is 2.84. The van der Waals surface area contributed by atoms with Crippen LogP contribution in [0, 0.1) is 0 Å². The highest BCUT2D eigenvalue weighted by Crippen LogP contribution is 2.21. The number of rotatable bonds is 5. The van der Waals surface area contributed by atoms with Gasteiger partial charge in [0.15, 0.2) is 0 Å². The smallest absolute Gasteiger partial charge is 0.355 e. The van der Waals surface area contributed by atoms with Gasteiger partial charge in [0.25, 0.3) is 9.05 Å². The molecule has 6 nitrogen and oxygen atoms in total. The fourth-order valence-electron chi connectivity index (χ4n) is 2.22. The molecule has 0 aromatic carbocycles. The highest BCUT2D eigenvalue weighted by molar-refractivity contribution is 8.13. The second-order valence-corrected chi connectivity index (χ2v) is 7.48. The standard InChI is InChI=1S/C13H18ClNO5S/c1-2-5-15-9-11(21(14,17)18)8-12(15)13(16)20-10-3-6-19-7-4-10/h8-10H,2-7H2,1H3. The predicted octanol–water partition coefficient (Wildman–Crippen LogP) is 2.16. The number of ether oxygens (including phenoxy) is 2. The Morgan fingerprint density at radius 2 is 2.14 bits per heavy atom. The Morgan fingerprint density at radius 1 is 1.48 bits per heavy atom. The Morgan fingerprint density at radius 3 is 2.71 bits per heavy atom. The number of hydrogen-bond acceptors (Lipinski definition) is 5. The zero-order chi connectivity index (χ0) is 15.5. The lowest BCUT2D eigenvalue weighted by molar-refractivity contribution is -0.0166. The van der Waals surface area contributed by atoms with Crippen LogP contribution >= 0.6 is 10.7 Å². The second-order valence-electron chi connectivity index (χ2n) is 4.91. The predicted molar refractivity (Wildman–Crippen MR) is 77.0 cm³/mol. The molecular weight excluding hydrogens is 318 g/mol. The lowest BCUT2D eigenvalue weighted by Crippen LogP contribution is -2.27. The molecule has 2 rings (SSSR count). The Bertz CT molecular complexity index is 604. The third-order valence-electron chi connectivity index (χ3n) is 3.27. The molecule has 1 aromatic heterocycles. The minimum Gasteiger partial charge on any atom is -0.458 e. The van der Waals surface area contributed by atoms with E-state index in [-0.39, 0.29) is 16.7 Å². The van der Waals surface area contributed by atoms with Crippen LogP contribution in [0.3, 0.4) is 0 Å². The van der Waals surface area contributed by atoms with Crippen LogP contribution < -0.4 is 0 Å². The van der Waals surface area contributed by atoms with Gasteiger partial charge in [-0.3, -0.25) is 0 Å².